The highest BCUT2D eigenvalue weighted by molar-refractivity contribution is 6.30. The van der Waals surface area contributed by atoms with Gasteiger partial charge in [0.25, 0.3) is 5.56 Å². The fourth-order valence-electron chi connectivity index (χ4n) is 3.30. The molecule has 1 N–H and O–H groups in total. The molecule has 0 radical (unpaired) electrons. The molecule has 0 aliphatic carbocycles. The van der Waals surface area contributed by atoms with Crippen molar-refractivity contribution in [2.24, 2.45) is 7.05 Å². The average Bonchev–Trinajstić information content (AvgIpc) is 3.08. The zero-order chi connectivity index (χ0) is 21.3. The van der Waals surface area contributed by atoms with Crippen LogP contribution in [0.15, 0.2) is 65.8 Å². The number of aryl methyl sites for hydroxylation is 1. The van der Waals surface area contributed by atoms with Crippen LogP contribution in [0, 0.1) is 0 Å². The molecule has 4 rings (SSSR count). The molecule has 0 aliphatic heterocycles. The first-order chi connectivity index (χ1) is 14.5. The molecule has 8 heteroatoms. The molecule has 152 valence electrons. The summed E-state index contributed by atoms with van der Waals surface area (Å²) < 4.78 is 8.13. The number of hydrogen-bond acceptors (Lipinski definition) is 4. The molecule has 0 bridgehead atoms. The van der Waals surface area contributed by atoms with Gasteiger partial charge in [-0.2, -0.15) is 0 Å². The molecule has 0 spiro atoms. The standard InChI is InChI=1S/C22H19ClN4O3/c1-26-11-18(14-3-5-15(23)6-4-14)20-21(26)22(29)27(13-24-20)12-19(28)25-16-7-9-17(30-2)10-8-16/h3-11,13H,12H2,1-2H3,(H,25,28). The molecule has 0 saturated heterocycles. The van der Waals surface area contributed by atoms with Gasteiger partial charge in [0.1, 0.15) is 23.3 Å². The molecule has 2 aromatic heterocycles. The maximum Gasteiger partial charge on any atom is 0.278 e. The van der Waals surface area contributed by atoms with E-state index in [1.54, 1.807) is 55.1 Å². The van der Waals surface area contributed by atoms with Crippen LogP contribution in [-0.4, -0.2) is 27.1 Å². The molecule has 2 aromatic carbocycles. The van der Waals surface area contributed by atoms with Gasteiger partial charge < -0.3 is 14.6 Å². The van der Waals surface area contributed by atoms with Gasteiger partial charge in [-0.15, -0.1) is 0 Å². The van der Waals surface area contributed by atoms with Crippen LogP contribution in [0.1, 0.15) is 0 Å². The molecule has 0 atom stereocenters. The van der Waals surface area contributed by atoms with Crippen molar-refractivity contribution < 1.29 is 9.53 Å². The molecular formula is C22H19ClN4O3. The number of rotatable bonds is 5. The van der Waals surface area contributed by atoms with Crippen LogP contribution in [-0.2, 0) is 18.4 Å². The van der Waals surface area contributed by atoms with Crippen LogP contribution in [0.3, 0.4) is 0 Å². The molecule has 2 heterocycles. The van der Waals surface area contributed by atoms with E-state index in [9.17, 15) is 9.59 Å². The first kappa shape index (κ1) is 19.7. The van der Waals surface area contributed by atoms with Gasteiger partial charge in [0.05, 0.1) is 13.4 Å². The average molecular weight is 423 g/mol. The Bertz CT molecular complexity index is 1270. The van der Waals surface area contributed by atoms with Gasteiger partial charge in [-0.05, 0) is 42.0 Å². The highest BCUT2D eigenvalue weighted by Gasteiger charge is 2.16. The lowest BCUT2D eigenvalue weighted by atomic mass is 10.1. The normalized spacial score (nSPS) is 10.9. The second kappa shape index (κ2) is 8.04. The zero-order valence-electron chi connectivity index (χ0n) is 16.4. The van der Waals surface area contributed by atoms with Gasteiger partial charge in [-0.25, -0.2) is 4.98 Å². The number of carbonyl (C=O) groups is 1. The Morgan fingerprint density at radius 2 is 1.83 bits per heavy atom. The lowest BCUT2D eigenvalue weighted by Gasteiger charge is -2.08. The number of anilines is 1. The summed E-state index contributed by atoms with van der Waals surface area (Å²) in [5, 5.41) is 3.40. The third-order valence-electron chi connectivity index (χ3n) is 4.79. The monoisotopic (exact) mass is 422 g/mol. The SMILES string of the molecule is COc1ccc(NC(=O)Cn2cnc3c(-c4ccc(Cl)cc4)cn(C)c3c2=O)cc1. The second-order valence-electron chi connectivity index (χ2n) is 6.81. The van der Waals surface area contributed by atoms with Crippen LogP contribution >= 0.6 is 11.6 Å². The van der Waals surface area contributed by atoms with Gasteiger partial charge in [0.15, 0.2) is 0 Å². The van der Waals surface area contributed by atoms with Crippen molar-refractivity contribution in [2.45, 2.75) is 6.54 Å². The molecule has 1 amide bonds. The smallest absolute Gasteiger partial charge is 0.278 e. The van der Waals surface area contributed by atoms with Crippen LogP contribution in [0.5, 0.6) is 5.75 Å². The van der Waals surface area contributed by atoms with Crippen LogP contribution in [0.2, 0.25) is 5.02 Å². The van der Waals surface area contributed by atoms with Crippen molar-refractivity contribution in [3.63, 3.8) is 0 Å². The van der Waals surface area contributed by atoms with Crippen molar-refractivity contribution in [3.05, 3.63) is 76.4 Å². The third kappa shape index (κ3) is 3.79. The molecule has 7 nitrogen and oxygen atoms in total. The lowest BCUT2D eigenvalue weighted by Crippen LogP contribution is -2.28. The molecule has 0 aliphatic rings. The minimum atomic E-state index is -0.324. The summed E-state index contributed by atoms with van der Waals surface area (Å²) >= 11 is 5.97. The van der Waals surface area contributed by atoms with Crippen molar-refractivity contribution >= 4 is 34.2 Å². The van der Waals surface area contributed by atoms with E-state index in [1.165, 1.54) is 10.9 Å². The molecule has 0 unspecified atom stereocenters. The number of nitrogens with zero attached hydrogens (tertiary/aromatic N) is 3. The molecule has 0 saturated carbocycles. The Kier molecular flexibility index (Phi) is 5.29. The summed E-state index contributed by atoms with van der Waals surface area (Å²) in [6.07, 6.45) is 3.25. The van der Waals surface area contributed by atoms with Crippen molar-refractivity contribution in [1.29, 1.82) is 0 Å². The Labute approximate surface area is 177 Å². The lowest BCUT2D eigenvalue weighted by molar-refractivity contribution is -0.116. The number of hydrogen-bond donors (Lipinski definition) is 1. The van der Waals surface area contributed by atoms with Crippen molar-refractivity contribution in [3.8, 4) is 16.9 Å². The van der Waals surface area contributed by atoms with Crippen molar-refractivity contribution in [1.82, 2.24) is 14.1 Å². The summed E-state index contributed by atoms with van der Waals surface area (Å²) in [4.78, 5) is 29.9. The van der Waals surface area contributed by atoms with E-state index in [1.807, 2.05) is 18.3 Å². The maximum absolute atomic E-state index is 13.0. The van der Waals surface area contributed by atoms with E-state index in [2.05, 4.69) is 10.3 Å². The molecule has 0 fully saturated rings. The predicted octanol–water partition coefficient (Wildman–Crippen LogP) is 3.70. The number of aromatic nitrogens is 3. The number of nitrogens with one attached hydrogen (secondary N) is 1. The van der Waals surface area contributed by atoms with E-state index < -0.39 is 0 Å². The molecule has 4 aromatic rings. The minimum absolute atomic E-state index is 0.144. The van der Waals surface area contributed by atoms with Gasteiger partial charge in [-0.3, -0.25) is 14.2 Å². The summed E-state index contributed by atoms with van der Waals surface area (Å²) in [5.74, 6) is 0.370. The maximum atomic E-state index is 13.0. The number of amides is 1. The van der Waals surface area contributed by atoms with E-state index in [-0.39, 0.29) is 18.0 Å². The first-order valence-electron chi connectivity index (χ1n) is 9.20. The number of ether oxygens (including phenoxy) is 1. The largest absolute Gasteiger partial charge is 0.497 e. The summed E-state index contributed by atoms with van der Waals surface area (Å²) in [5.41, 5.74) is 3.08. The number of halogens is 1. The van der Waals surface area contributed by atoms with E-state index in [0.29, 0.717) is 27.5 Å². The molecule has 30 heavy (non-hydrogen) atoms. The zero-order valence-corrected chi connectivity index (χ0v) is 17.2. The fraction of sp³-hybridized carbons (Fsp3) is 0.136. The highest BCUT2D eigenvalue weighted by atomic mass is 35.5. The number of fused-ring (bicyclic) bond motifs is 1. The van der Waals surface area contributed by atoms with E-state index in [4.69, 9.17) is 16.3 Å². The van der Waals surface area contributed by atoms with Gasteiger partial charge in [-0.1, -0.05) is 23.7 Å². The Hall–Kier alpha value is -3.58. The van der Waals surface area contributed by atoms with Crippen molar-refractivity contribution in [2.75, 3.05) is 12.4 Å². The Balaban J connectivity index is 1.61. The molecular weight excluding hydrogens is 404 g/mol. The van der Waals surface area contributed by atoms with Crippen LogP contribution < -0.4 is 15.6 Å². The quantitative estimate of drug-likeness (QED) is 0.532. The summed E-state index contributed by atoms with van der Waals surface area (Å²) in [7, 11) is 3.36. The van der Waals surface area contributed by atoms with E-state index in [0.717, 1.165) is 11.1 Å². The minimum Gasteiger partial charge on any atom is -0.497 e. The van der Waals surface area contributed by atoms with Crippen LogP contribution in [0.25, 0.3) is 22.2 Å². The second-order valence-corrected chi connectivity index (χ2v) is 7.25. The third-order valence-corrected chi connectivity index (χ3v) is 5.04. The highest BCUT2D eigenvalue weighted by Crippen LogP contribution is 2.28. The predicted molar refractivity (Wildman–Crippen MR) is 117 cm³/mol. The van der Waals surface area contributed by atoms with Crippen LogP contribution in [0.4, 0.5) is 5.69 Å². The van der Waals surface area contributed by atoms with Gasteiger partial charge in [0, 0.05) is 29.5 Å². The Morgan fingerprint density at radius 1 is 1.13 bits per heavy atom. The van der Waals surface area contributed by atoms with Gasteiger partial charge in [0.2, 0.25) is 5.91 Å². The summed E-state index contributed by atoms with van der Waals surface area (Å²) in [6.45, 7) is -0.144. The van der Waals surface area contributed by atoms with Gasteiger partial charge >= 0.3 is 0 Å². The van der Waals surface area contributed by atoms with E-state index >= 15 is 0 Å². The Morgan fingerprint density at radius 3 is 2.50 bits per heavy atom. The first-order valence-corrected chi connectivity index (χ1v) is 9.58. The number of carbonyl (C=O) groups excluding carboxylic acids is 1. The summed E-state index contributed by atoms with van der Waals surface area (Å²) in [6, 6.07) is 14.3. The topological polar surface area (TPSA) is 78.2 Å². The number of methoxy groups -OCH3 is 1. The fourth-order valence-corrected chi connectivity index (χ4v) is 3.42. The number of benzene rings is 2.